The number of rotatable bonds is 3. The molecule has 1 saturated heterocycles. The van der Waals surface area contributed by atoms with Gasteiger partial charge in [0.25, 0.3) is 0 Å². The first-order valence-corrected chi connectivity index (χ1v) is 7.23. The molecule has 2 rings (SSSR count). The highest BCUT2D eigenvalue weighted by Crippen LogP contribution is 2.23. The monoisotopic (exact) mass is 290 g/mol. The van der Waals surface area contributed by atoms with E-state index < -0.39 is 0 Å². The second-order valence-corrected chi connectivity index (χ2v) is 5.39. The molecule has 0 spiro atoms. The maximum Gasteiger partial charge on any atom is 0.338 e. The van der Waals surface area contributed by atoms with E-state index >= 15 is 0 Å². The number of ether oxygens (including phenoxy) is 1. The molecule has 0 saturated carbocycles. The quantitative estimate of drug-likeness (QED) is 0.867. The fourth-order valence-electron chi connectivity index (χ4n) is 2.68. The zero-order valence-corrected chi connectivity index (χ0v) is 12.8. The smallest absolute Gasteiger partial charge is 0.338 e. The molecule has 0 unspecified atom stereocenters. The summed E-state index contributed by atoms with van der Waals surface area (Å²) in [5, 5.41) is 3.48. The summed E-state index contributed by atoms with van der Waals surface area (Å²) in [5.41, 5.74) is 2.45. The molecule has 5 heteroatoms. The maximum absolute atomic E-state index is 11.7. The van der Waals surface area contributed by atoms with Crippen LogP contribution in [0.2, 0.25) is 0 Å². The van der Waals surface area contributed by atoms with Gasteiger partial charge in [-0.1, -0.05) is 6.07 Å². The summed E-state index contributed by atoms with van der Waals surface area (Å²) < 4.78 is 4.79. The highest BCUT2D eigenvalue weighted by atomic mass is 16.5. The Labute approximate surface area is 125 Å². The minimum absolute atomic E-state index is 0.136. The Kier molecular flexibility index (Phi) is 4.83. The van der Waals surface area contributed by atoms with Crippen LogP contribution in [0.4, 0.5) is 5.69 Å². The van der Waals surface area contributed by atoms with E-state index in [-0.39, 0.29) is 11.9 Å². The molecular weight excluding hydrogens is 268 g/mol. The highest BCUT2D eigenvalue weighted by Gasteiger charge is 2.21. The fraction of sp³-hybridized carbons (Fsp3) is 0.500. The van der Waals surface area contributed by atoms with Crippen molar-refractivity contribution in [2.24, 2.45) is 0 Å². The Bertz CT molecular complexity index is 534. The number of methoxy groups -OCH3 is 1. The molecule has 1 amide bonds. The first-order chi connectivity index (χ1) is 10.0. The van der Waals surface area contributed by atoms with E-state index in [0.29, 0.717) is 11.6 Å². The minimum atomic E-state index is -0.317. The molecule has 21 heavy (non-hydrogen) atoms. The molecule has 5 nitrogen and oxygen atoms in total. The molecule has 0 atom stereocenters. The van der Waals surface area contributed by atoms with E-state index in [0.717, 1.165) is 37.2 Å². The number of benzene rings is 1. The lowest BCUT2D eigenvalue weighted by molar-refractivity contribution is -0.129. The highest BCUT2D eigenvalue weighted by molar-refractivity contribution is 5.92. The van der Waals surface area contributed by atoms with Gasteiger partial charge in [0.2, 0.25) is 5.91 Å². The molecule has 0 radical (unpaired) electrons. The van der Waals surface area contributed by atoms with Crippen molar-refractivity contribution in [3.8, 4) is 0 Å². The van der Waals surface area contributed by atoms with Gasteiger partial charge in [-0.05, 0) is 37.5 Å². The Morgan fingerprint density at radius 1 is 1.29 bits per heavy atom. The van der Waals surface area contributed by atoms with Gasteiger partial charge in [-0.25, -0.2) is 4.79 Å². The lowest BCUT2D eigenvalue weighted by atomic mass is 10.0. The summed E-state index contributed by atoms with van der Waals surface area (Å²) in [4.78, 5) is 24.9. The van der Waals surface area contributed by atoms with Gasteiger partial charge in [-0.3, -0.25) is 4.79 Å². The van der Waals surface area contributed by atoms with Crippen LogP contribution in [0.3, 0.4) is 0 Å². The summed E-state index contributed by atoms with van der Waals surface area (Å²) >= 11 is 0. The van der Waals surface area contributed by atoms with Crippen LogP contribution in [0.1, 0.15) is 35.7 Å². The van der Waals surface area contributed by atoms with Crippen LogP contribution in [0.25, 0.3) is 0 Å². The average molecular weight is 290 g/mol. The number of piperidine rings is 1. The van der Waals surface area contributed by atoms with Crippen molar-refractivity contribution in [2.75, 3.05) is 25.5 Å². The van der Waals surface area contributed by atoms with Crippen LogP contribution in [-0.4, -0.2) is 43.0 Å². The predicted molar refractivity (Wildman–Crippen MR) is 81.4 cm³/mol. The third-order valence-corrected chi connectivity index (χ3v) is 4.04. The lowest BCUT2D eigenvalue weighted by Gasteiger charge is -2.32. The van der Waals surface area contributed by atoms with Crippen LogP contribution in [0.5, 0.6) is 0 Å². The molecule has 1 aromatic rings. The van der Waals surface area contributed by atoms with Gasteiger partial charge in [0.05, 0.1) is 12.7 Å². The summed E-state index contributed by atoms with van der Waals surface area (Å²) in [6.45, 7) is 5.09. The molecule has 0 bridgehead atoms. The maximum atomic E-state index is 11.7. The molecule has 1 aliphatic rings. The van der Waals surface area contributed by atoms with Gasteiger partial charge < -0.3 is 15.0 Å². The number of nitrogens with zero attached hydrogens (tertiary/aromatic N) is 1. The topological polar surface area (TPSA) is 58.6 Å². The molecular formula is C16H22N2O3. The van der Waals surface area contributed by atoms with Crippen molar-refractivity contribution < 1.29 is 14.3 Å². The number of esters is 1. The van der Waals surface area contributed by atoms with Gasteiger partial charge in [-0.2, -0.15) is 0 Å². The molecule has 0 aliphatic carbocycles. The van der Waals surface area contributed by atoms with Crippen molar-refractivity contribution in [1.82, 2.24) is 4.90 Å². The van der Waals surface area contributed by atoms with Crippen molar-refractivity contribution in [2.45, 2.75) is 32.7 Å². The van der Waals surface area contributed by atoms with E-state index in [1.165, 1.54) is 7.11 Å². The van der Waals surface area contributed by atoms with Crippen LogP contribution >= 0.6 is 0 Å². The van der Waals surface area contributed by atoms with Crippen LogP contribution in [0, 0.1) is 6.92 Å². The normalized spacial score (nSPS) is 15.7. The number of carbonyl (C=O) groups is 2. The van der Waals surface area contributed by atoms with Crippen molar-refractivity contribution in [1.29, 1.82) is 0 Å². The minimum Gasteiger partial charge on any atom is -0.465 e. The molecule has 1 aromatic carbocycles. The van der Waals surface area contributed by atoms with Crippen molar-refractivity contribution >= 4 is 17.6 Å². The van der Waals surface area contributed by atoms with E-state index in [1.807, 2.05) is 24.0 Å². The molecule has 114 valence electrons. The number of amides is 1. The number of anilines is 1. The SMILES string of the molecule is COC(=O)c1cccc(NC2CCN(C(C)=O)CC2)c1C. The molecule has 1 aliphatic heterocycles. The Morgan fingerprint density at radius 2 is 1.95 bits per heavy atom. The molecule has 1 heterocycles. The number of carbonyl (C=O) groups excluding carboxylic acids is 2. The molecule has 1 fully saturated rings. The molecule has 1 N–H and O–H groups in total. The largest absolute Gasteiger partial charge is 0.465 e. The number of hydrogen-bond acceptors (Lipinski definition) is 4. The van der Waals surface area contributed by atoms with E-state index in [4.69, 9.17) is 4.74 Å². The van der Waals surface area contributed by atoms with Crippen LogP contribution < -0.4 is 5.32 Å². The first-order valence-electron chi connectivity index (χ1n) is 7.23. The fourth-order valence-corrected chi connectivity index (χ4v) is 2.68. The van der Waals surface area contributed by atoms with Gasteiger partial charge in [-0.15, -0.1) is 0 Å². The van der Waals surface area contributed by atoms with Crippen molar-refractivity contribution in [3.63, 3.8) is 0 Å². The Balaban J connectivity index is 2.04. The van der Waals surface area contributed by atoms with E-state index in [1.54, 1.807) is 13.0 Å². The number of likely N-dealkylation sites (tertiary alicyclic amines) is 1. The first kappa shape index (κ1) is 15.4. The Hall–Kier alpha value is -2.04. The standard InChI is InChI=1S/C16H22N2O3/c1-11-14(16(20)21-3)5-4-6-15(11)17-13-7-9-18(10-8-13)12(2)19/h4-6,13,17H,7-10H2,1-3H3. The lowest BCUT2D eigenvalue weighted by Crippen LogP contribution is -2.41. The summed E-state index contributed by atoms with van der Waals surface area (Å²) in [5.74, 6) is -0.181. The average Bonchev–Trinajstić information content (AvgIpc) is 2.49. The molecule has 0 aromatic heterocycles. The van der Waals surface area contributed by atoms with E-state index in [9.17, 15) is 9.59 Å². The van der Waals surface area contributed by atoms with Crippen LogP contribution in [0.15, 0.2) is 18.2 Å². The summed E-state index contributed by atoms with van der Waals surface area (Å²) in [7, 11) is 1.39. The van der Waals surface area contributed by atoms with Crippen molar-refractivity contribution in [3.05, 3.63) is 29.3 Å². The van der Waals surface area contributed by atoms with Gasteiger partial charge in [0.1, 0.15) is 0 Å². The zero-order valence-electron chi connectivity index (χ0n) is 12.8. The number of nitrogens with one attached hydrogen (secondary N) is 1. The summed E-state index contributed by atoms with van der Waals surface area (Å²) in [6.07, 6.45) is 1.84. The van der Waals surface area contributed by atoms with E-state index in [2.05, 4.69) is 5.32 Å². The second kappa shape index (κ2) is 6.61. The predicted octanol–water partition coefficient (Wildman–Crippen LogP) is 2.20. The third-order valence-electron chi connectivity index (χ3n) is 4.04. The second-order valence-electron chi connectivity index (χ2n) is 5.39. The van der Waals surface area contributed by atoms with Gasteiger partial charge in [0, 0.05) is 31.7 Å². The zero-order chi connectivity index (χ0) is 15.4. The van der Waals surface area contributed by atoms with Gasteiger partial charge in [0.15, 0.2) is 0 Å². The van der Waals surface area contributed by atoms with Gasteiger partial charge >= 0.3 is 5.97 Å². The number of hydrogen-bond donors (Lipinski definition) is 1. The summed E-state index contributed by atoms with van der Waals surface area (Å²) in [6, 6.07) is 5.92. The third kappa shape index (κ3) is 3.54. The van der Waals surface area contributed by atoms with Crippen LogP contribution in [-0.2, 0) is 9.53 Å². The Morgan fingerprint density at radius 3 is 2.52 bits per heavy atom.